The molecule has 32 heavy (non-hydrogen) atoms. The molecule has 2 aromatic rings. The second-order valence-corrected chi connectivity index (χ2v) is 15.5. The van der Waals surface area contributed by atoms with Gasteiger partial charge in [-0.1, -0.05) is 84.9 Å². The number of carbonyl (C=O) groups is 1. The Balaban J connectivity index is 0.000000617. The summed E-state index contributed by atoms with van der Waals surface area (Å²) < 4.78 is 26.1. The maximum Gasteiger partial charge on any atom is 0.164 e. The van der Waals surface area contributed by atoms with Gasteiger partial charge in [-0.15, -0.1) is 6.07 Å². The van der Waals surface area contributed by atoms with Crippen LogP contribution in [0.3, 0.4) is 0 Å². The molecule has 8 heteroatoms. The largest absolute Gasteiger partial charge is 0.512 e. The van der Waals surface area contributed by atoms with Crippen LogP contribution in [-0.4, -0.2) is 28.9 Å². The predicted molar refractivity (Wildman–Crippen MR) is 124 cm³/mol. The molecule has 2 heterocycles. The molecule has 179 valence electrons. The van der Waals surface area contributed by atoms with Crippen molar-refractivity contribution in [1.29, 1.82) is 0 Å². The van der Waals surface area contributed by atoms with Crippen molar-refractivity contribution in [2.75, 3.05) is 0 Å². The quantitative estimate of drug-likeness (QED) is 0.151. The van der Waals surface area contributed by atoms with E-state index in [1.165, 1.54) is 11.3 Å². The molecule has 0 aromatic carbocycles. The fraction of sp³-hybridized carbons (Fsp3) is 0.458. The summed E-state index contributed by atoms with van der Waals surface area (Å²) in [5.74, 6) is -1.66. The third-order valence-corrected chi connectivity index (χ3v) is 6.44. The molecule has 0 saturated heterocycles. The molecule has 0 aliphatic rings. The SMILES string of the molecule is CC(C)(C)C(=O)C=C(O)C(C)(C)C.C[Si](C)(C)c1ccc(-c2[c-]cc(F)nc2F)nc1.[Ir]. The number of halogens is 2. The molecule has 0 aliphatic carbocycles. The number of hydrogen-bond acceptors (Lipinski definition) is 4. The third-order valence-electron chi connectivity index (χ3n) is 4.41. The first-order valence-corrected chi connectivity index (χ1v) is 13.6. The molecule has 4 nitrogen and oxygen atoms in total. The van der Waals surface area contributed by atoms with Gasteiger partial charge in [-0.05, 0) is 10.9 Å². The number of allylic oxidation sites excluding steroid dienone is 2. The van der Waals surface area contributed by atoms with Crippen LogP contribution in [0.25, 0.3) is 11.3 Å². The monoisotopic (exact) mass is 640 g/mol. The Morgan fingerprint density at radius 3 is 2.00 bits per heavy atom. The fourth-order valence-electron chi connectivity index (χ4n) is 2.10. The van der Waals surface area contributed by atoms with Crippen LogP contribution in [0.1, 0.15) is 41.5 Å². The first-order chi connectivity index (χ1) is 13.9. The van der Waals surface area contributed by atoms with Crippen LogP contribution in [0.15, 0.2) is 36.2 Å². The van der Waals surface area contributed by atoms with Gasteiger partial charge < -0.3 is 10.1 Å². The molecule has 0 atom stereocenters. The number of aliphatic hydroxyl groups excluding tert-OH is 1. The van der Waals surface area contributed by atoms with Crippen LogP contribution >= 0.6 is 0 Å². The van der Waals surface area contributed by atoms with E-state index < -0.39 is 25.4 Å². The topological polar surface area (TPSA) is 63.1 Å². The Bertz CT molecular complexity index is 942. The predicted octanol–water partition coefficient (Wildman–Crippen LogP) is 5.85. The van der Waals surface area contributed by atoms with Crippen molar-refractivity contribution in [1.82, 2.24) is 9.97 Å². The molecule has 0 unspecified atom stereocenters. The minimum Gasteiger partial charge on any atom is -0.512 e. The van der Waals surface area contributed by atoms with Gasteiger partial charge >= 0.3 is 0 Å². The van der Waals surface area contributed by atoms with Crippen LogP contribution in [-0.2, 0) is 24.9 Å². The van der Waals surface area contributed by atoms with Crippen LogP contribution in [0.5, 0.6) is 0 Å². The van der Waals surface area contributed by atoms with Crippen molar-refractivity contribution in [3.05, 3.63) is 54.2 Å². The van der Waals surface area contributed by atoms with E-state index in [9.17, 15) is 18.7 Å². The van der Waals surface area contributed by atoms with E-state index >= 15 is 0 Å². The van der Waals surface area contributed by atoms with Gasteiger partial charge in [0.1, 0.15) is 17.7 Å². The average molecular weight is 640 g/mol. The number of ketones is 1. The van der Waals surface area contributed by atoms with Crippen molar-refractivity contribution >= 4 is 19.0 Å². The maximum absolute atomic E-state index is 13.5. The summed E-state index contributed by atoms with van der Waals surface area (Å²) in [7, 11) is -1.42. The van der Waals surface area contributed by atoms with Crippen molar-refractivity contribution in [2.45, 2.75) is 61.2 Å². The van der Waals surface area contributed by atoms with Gasteiger partial charge in [0.25, 0.3) is 0 Å². The maximum atomic E-state index is 13.5. The Hall–Kier alpha value is -1.76. The van der Waals surface area contributed by atoms with E-state index in [2.05, 4.69) is 35.7 Å². The Morgan fingerprint density at radius 2 is 1.62 bits per heavy atom. The number of aliphatic hydroxyl groups is 1. The van der Waals surface area contributed by atoms with Crippen molar-refractivity contribution in [3.8, 4) is 11.3 Å². The number of pyridine rings is 2. The second-order valence-electron chi connectivity index (χ2n) is 10.5. The first kappa shape index (κ1) is 30.2. The van der Waals surface area contributed by atoms with E-state index in [0.29, 0.717) is 5.69 Å². The minimum absolute atomic E-state index is 0. The summed E-state index contributed by atoms with van der Waals surface area (Å²) in [5, 5.41) is 10.7. The summed E-state index contributed by atoms with van der Waals surface area (Å²) in [6, 6.07) is 7.18. The molecular weight excluding hydrogens is 607 g/mol. The molecule has 2 aromatic heterocycles. The zero-order chi connectivity index (χ0) is 24.2. The standard InChI is InChI=1S/C13H13F2N2Si.C11H20O2.Ir/c1-18(2,3)9-4-6-11(16-8-9)10-5-7-12(14)17-13(10)15;1-10(2,3)8(12)7-9(13)11(4,5)6;/h4,6-8H,1-3H3;7,12H,1-6H3;/q-1;;. The molecular formula is C24H33F2IrN2O2Si-. The van der Waals surface area contributed by atoms with Crippen LogP contribution < -0.4 is 5.19 Å². The third kappa shape index (κ3) is 9.39. The van der Waals surface area contributed by atoms with E-state index in [0.717, 1.165) is 6.07 Å². The number of carbonyl (C=O) groups excluding carboxylic acids is 1. The van der Waals surface area contributed by atoms with Gasteiger partial charge in [0.2, 0.25) is 0 Å². The Morgan fingerprint density at radius 1 is 1.06 bits per heavy atom. The van der Waals surface area contributed by atoms with Gasteiger partial charge in [0.15, 0.2) is 5.78 Å². The van der Waals surface area contributed by atoms with E-state index in [1.807, 2.05) is 47.6 Å². The zero-order valence-corrected chi connectivity index (χ0v) is 23.6. The summed E-state index contributed by atoms with van der Waals surface area (Å²) in [6.07, 6.45) is 3.08. The van der Waals surface area contributed by atoms with Crippen molar-refractivity contribution in [2.24, 2.45) is 10.8 Å². The zero-order valence-electron chi connectivity index (χ0n) is 20.2. The molecule has 1 radical (unpaired) electrons. The number of aromatic nitrogens is 2. The summed E-state index contributed by atoms with van der Waals surface area (Å²) in [6.45, 7) is 17.7. The molecule has 0 fully saturated rings. The average Bonchev–Trinajstić information content (AvgIpc) is 2.60. The molecule has 0 bridgehead atoms. The van der Waals surface area contributed by atoms with Gasteiger partial charge in [-0.25, -0.2) is 8.78 Å². The number of nitrogens with zero attached hydrogens (tertiary/aromatic N) is 2. The Kier molecular flexibility index (Phi) is 10.8. The second kappa shape index (κ2) is 11.4. The summed E-state index contributed by atoms with van der Waals surface area (Å²) >= 11 is 0. The fourth-order valence-corrected chi connectivity index (χ4v) is 3.13. The molecule has 0 saturated carbocycles. The molecule has 2 rings (SSSR count). The van der Waals surface area contributed by atoms with E-state index in [-0.39, 0.29) is 42.6 Å². The van der Waals surface area contributed by atoms with Crippen molar-refractivity contribution < 1.29 is 38.8 Å². The van der Waals surface area contributed by atoms with Crippen molar-refractivity contribution in [3.63, 3.8) is 0 Å². The smallest absolute Gasteiger partial charge is 0.164 e. The van der Waals surface area contributed by atoms with Crippen LogP contribution in [0.2, 0.25) is 19.6 Å². The molecule has 0 aliphatic heterocycles. The van der Waals surface area contributed by atoms with Gasteiger partial charge in [0.05, 0.1) is 8.07 Å². The molecule has 0 amide bonds. The van der Waals surface area contributed by atoms with Crippen LogP contribution in [0.4, 0.5) is 8.78 Å². The van der Waals surface area contributed by atoms with E-state index in [4.69, 9.17) is 0 Å². The Labute approximate surface area is 204 Å². The number of hydrogen-bond donors (Lipinski definition) is 1. The summed E-state index contributed by atoms with van der Waals surface area (Å²) in [5.41, 5.74) is -0.249. The minimum atomic E-state index is -1.42. The van der Waals surface area contributed by atoms with Gasteiger partial charge in [0, 0.05) is 43.2 Å². The normalized spacial score (nSPS) is 12.4. The van der Waals surface area contributed by atoms with E-state index in [1.54, 1.807) is 12.3 Å². The van der Waals surface area contributed by atoms with Gasteiger partial charge in [-0.3, -0.25) is 9.78 Å². The first-order valence-electron chi connectivity index (χ1n) is 10.1. The van der Waals surface area contributed by atoms with Crippen LogP contribution in [0, 0.1) is 28.8 Å². The molecule has 0 spiro atoms. The van der Waals surface area contributed by atoms with Gasteiger partial charge in [-0.2, -0.15) is 0 Å². The summed E-state index contributed by atoms with van der Waals surface area (Å²) in [4.78, 5) is 18.8. The number of rotatable bonds is 3. The molecule has 1 N–H and O–H groups in total.